The molecule has 0 unspecified atom stereocenters. The van der Waals surface area contributed by atoms with Crippen molar-refractivity contribution in [2.45, 2.75) is 302 Å². The summed E-state index contributed by atoms with van der Waals surface area (Å²) in [4.78, 5) is 25.8. The summed E-state index contributed by atoms with van der Waals surface area (Å²) in [5.74, 6) is 1.38. The Labute approximate surface area is 457 Å². The first-order valence-electron chi connectivity index (χ1n) is 32.1. The van der Waals surface area contributed by atoms with E-state index in [0.29, 0.717) is 43.9 Å². The number of ether oxygens (including phenoxy) is 2. The molecular weight excluding hydrogens is 927 g/mol. The maximum Gasteiger partial charge on any atom is 0.305 e. The average Bonchev–Trinajstić information content (AvgIpc) is 3.42. The van der Waals surface area contributed by atoms with Gasteiger partial charge in [-0.15, -0.1) is 0 Å². The molecule has 74 heavy (non-hydrogen) atoms. The van der Waals surface area contributed by atoms with Crippen molar-refractivity contribution in [1.29, 1.82) is 0 Å². The molecule has 422 valence electrons. The van der Waals surface area contributed by atoms with Gasteiger partial charge in [-0.3, -0.25) is 9.59 Å². The first-order chi connectivity index (χ1) is 36.3. The maximum absolute atomic E-state index is 12.9. The van der Waals surface area contributed by atoms with Gasteiger partial charge in [-0.05, 0) is 85.2 Å². The second kappa shape index (κ2) is 41.6. The fourth-order valence-electron chi connectivity index (χ4n) is 12.5. The van der Waals surface area contributed by atoms with Crippen molar-refractivity contribution in [1.82, 2.24) is 5.32 Å². The van der Waals surface area contributed by atoms with Crippen LogP contribution in [-0.2, 0) is 23.5 Å². The lowest BCUT2D eigenvalue weighted by Gasteiger charge is -2.43. The van der Waals surface area contributed by atoms with E-state index in [1.165, 1.54) is 190 Å². The summed E-state index contributed by atoms with van der Waals surface area (Å²) in [5, 5.41) is 6.63. The molecule has 0 radical (unpaired) electrons. The van der Waals surface area contributed by atoms with E-state index < -0.39 is 8.32 Å². The highest BCUT2D eigenvalue weighted by molar-refractivity contribution is 6.99. The highest BCUT2D eigenvalue weighted by Crippen LogP contribution is 2.37. The monoisotopic (exact) mass is 1040 g/mol. The molecule has 4 rings (SSSR count). The van der Waals surface area contributed by atoms with Crippen molar-refractivity contribution < 1.29 is 23.5 Å². The second-order valence-corrected chi connectivity index (χ2v) is 28.8. The Balaban J connectivity index is 1.19. The summed E-state index contributed by atoms with van der Waals surface area (Å²) in [6.07, 6.45) is 52.1. The maximum atomic E-state index is 12.9. The van der Waals surface area contributed by atoms with Crippen LogP contribution in [0.3, 0.4) is 0 Å². The fraction of sp³-hybridized carbons (Fsp3) is 0.791. The number of carbonyl (C=O) groups excluding carboxylic acids is 2. The molecule has 2 aliphatic carbocycles. The Hall–Kier alpha value is -2.48. The van der Waals surface area contributed by atoms with Gasteiger partial charge in [0.05, 0.1) is 13.2 Å². The van der Waals surface area contributed by atoms with Gasteiger partial charge in [-0.2, -0.15) is 0 Å². The number of carbonyl (C=O) groups is 2. The van der Waals surface area contributed by atoms with E-state index in [0.717, 1.165) is 90.2 Å². The zero-order valence-electron chi connectivity index (χ0n) is 48.6. The van der Waals surface area contributed by atoms with Gasteiger partial charge in [0.1, 0.15) is 0 Å². The summed E-state index contributed by atoms with van der Waals surface area (Å²) >= 11 is 0. The lowest BCUT2D eigenvalue weighted by molar-refractivity contribution is -0.145. The zero-order valence-corrected chi connectivity index (χ0v) is 49.6. The molecule has 2 aromatic carbocycles. The van der Waals surface area contributed by atoms with E-state index in [1.54, 1.807) is 0 Å². The molecule has 2 fully saturated rings. The molecule has 0 saturated heterocycles. The van der Waals surface area contributed by atoms with Crippen LogP contribution < -0.4 is 15.7 Å². The third-order valence-electron chi connectivity index (χ3n) is 17.1. The molecule has 0 amide bonds. The van der Waals surface area contributed by atoms with Gasteiger partial charge in [0, 0.05) is 25.5 Å². The van der Waals surface area contributed by atoms with E-state index in [2.05, 4.69) is 86.8 Å². The van der Waals surface area contributed by atoms with Crippen molar-refractivity contribution in [2.24, 2.45) is 11.8 Å². The van der Waals surface area contributed by atoms with Crippen LogP contribution in [0.1, 0.15) is 290 Å². The number of nitrogens with one attached hydrogen (secondary N) is 1. The van der Waals surface area contributed by atoms with Gasteiger partial charge in [-0.25, -0.2) is 0 Å². The van der Waals surface area contributed by atoms with Crippen LogP contribution in [0.4, 0.5) is 0 Å². The molecule has 2 aromatic rings. The van der Waals surface area contributed by atoms with Crippen molar-refractivity contribution >= 4 is 30.6 Å². The van der Waals surface area contributed by atoms with Crippen molar-refractivity contribution in [3.05, 3.63) is 60.7 Å². The molecular formula is C67H115NO5Si. The number of benzene rings is 2. The van der Waals surface area contributed by atoms with Gasteiger partial charge in [0.25, 0.3) is 8.32 Å². The first kappa shape index (κ1) is 64.0. The highest BCUT2D eigenvalue weighted by Gasteiger charge is 2.50. The predicted molar refractivity (Wildman–Crippen MR) is 318 cm³/mol. The minimum absolute atomic E-state index is 0.0114. The molecule has 1 N–H and O–H groups in total. The molecule has 0 bridgehead atoms. The predicted octanol–water partition coefficient (Wildman–Crippen LogP) is 18.3. The first-order valence-corrected chi connectivity index (χ1v) is 34.0. The Bertz CT molecular complexity index is 1500. The number of hydrogen-bond acceptors (Lipinski definition) is 6. The molecule has 0 heterocycles. The van der Waals surface area contributed by atoms with Gasteiger partial charge in [-0.1, -0.05) is 287 Å². The van der Waals surface area contributed by atoms with Gasteiger partial charge in [0.15, 0.2) is 0 Å². The normalized spacial score (nSPS) is 17.9. The Kier molecular flexibility index (Phi) is 36.0. The second-order valence-electron chi connectivity index (χ2n) is 24.5. The number of unbranched alkanes of at least 4 members (excludes halogenated alkanes) is 5. The number of hydrogen-bond donors (Lipinski definition) is 1. The van der Waals surface area contributed by atoms with E-state index in [1.807, 2.05) is 0 Å². The lowest BCUT2D eigenvalue weighted by atomic mass is 9.90. The van der Waals surface area contributed by atoms with E-state index in [4.69, 9.17) is 13.9 Å². The Morgan fingerprint density at radius 3 is 1.15 bits per heavy atom. The van der Waals surface area contributed by atoms with Crippen LogP contribution in [0.25, 0.3) is 0 Å². The topological polar surface area (TPSA) is 73.9 Å². The molecule has 2 aliphatic rings. The molecule has 0 aromatic heterocycles. The van der Waals surface area contributed by atoms with Crippen LogP contribution >= 0.6 is 0 Å². The third-order valence-corrected chi connectivity index (χ3v) is 22.2. The van der Waals surface area contributed by atoms with Crippen LogP contribution in [-0.4, -0.2) is 52.7 Å². The van der Waals surface area contributed by atoms with Crippen molar-refractivity contribution in [3.8, 4) is 0 Å². The minimum Gasteiger partial charge on any atom is -0.466 e. The van der Waals surface area contributed by atoms with Gasteiger partial charge >= 0.3 is 11.9 Å². The van der Waals surface area contributed by atoms with Crippen LogP contribution in [0.5, 0.6) is 0 Å². The summed E-state index contributed by atoms with van der Waals surface area (Å²) < 4.78 is 18.9. The summed E-state index contributed by atoms with van der Waals surface area (Å²) in [7, 11) is -2.54. The fourth-order valence-corrected chi connectivity index (χ4v) is 17.1. The molecule has 0 aliphatic heterocycles. The largest absolute Gasteiger partial charge is 0.466 e. The van der Waals surface area contributed by atoms with Gasteiger partial charge < -0.3 is 19.2 Å². The van der Waals surface area contributed by atoms with Crippen molar-refractivity contribution in [2.75, 3.05) is 26.4 Å². The minimum atomic E-state index is -2.54. The quantitative estimate of drug-likeness (QED) is 0.0546. The average molecular weight is 1040 g/mol. The summed E-state index contributed by atoms with van der Waals surface area (Å²) in [5.41, 5.74) is 0. The van der Waals surface area contributed by atoms with Crippen LogP contribution in [0, 0.1) is 11.8 Å². The third kappa shape index (κ3) is 28.8. The number of rotatable bonds is 27. The molecule has 7 heteroatoms. The molecule has 0 atom stereocenters. The van der Waals surface area contributed by atoms with E-state index >= 15 is 0 Å². The van der Waals surface area contributed by atoms with E-state index in [9.17, 15) is 9.59 Å². The number of esters is 2. The van der Waals surface area contributed by atoms with Crippen LogP contribution in [0.15, 0.2) is 60.7 Å². The Morgan fingerprint density at radius 2 is 0.797 bits per heavy atom. The lowest BCUT2D eigenvalue weighted by Crippen LogP contribution is -2.66. The Morgan fingerprint density at radius 1 is 0.459 bits per heavy atom. The molecule has 0 spiro atoms. The highest BCUT2D eigenvalue weighted by atomic mass is 28.4. The smallest absolute Gasteiger partial charge is 0.305 e. The SMILES string of the molecule is CC(C)(C)[Si](OCCCCNC(CCCCCOC(=O)CCC1CCCCCCCCCCCCCC1)CCCCCOC(=O)CCC1CCCCCCCCCCCCCC1)(c1ccccc1)c1ccccc1. The molecule has 6 nitrogen and oxygen atoms in total. The zero-order chi connectivity index (χ0) is 52.5. The molecule has 2 saturated carbocycles. The van der Waals surface area contributed by atoms with Gasteiger partial charge in [0.2, 0.25) is 0 Å². The summed E-state index contributed by atoms with van der Waals surface area (Å²) in [6, 6.07) is 22.4. The standard InChI is InChI=1S/C67H115NO5Si/c1-67(2,3)74(63-48-34-24-35-49-63,64-50-36-25-37-51-64)73-59-41-38-56-68-62(46-32-26-39-57-71-65(69)54-52-60-42-28-20-16-12-8-4-5-9-13-17-21-29-43-60)47-33-27-40-58-72-66(70)55-53-61-44-30-22-18-14-10-6-7-11-15-19-23-31-45-61/h24-25,34-37,48-51,60-62,68H,4-23,26-33,38-47,52-59H2,1-3H3. The van der Waals surface area contributed by atoms with Crippen molar-refractivity contribution in [3.63, 3.8) is 0 Å². The van der Waals surface area contributed by atoms with E-state index in [-0.39, 0.29) is 17.0 Å². The van der Waals surface area contributed by atoms with Crippen LogP contribution in [0.2, 0.25) is 5.04 Å². The summed E-state index contributed by atoms with van der Waals surface area (Å²) in [6.45, 7) is 9.89.